The second-order valence-corrected chi connectivity index (χ2v) is 6.48. The quantitative estimate of drug-likeness (QED) is 0.860. The molecule has 0 radical (unpaired) electrons. The molecular weight excluding hydrogens is 253 g/mol. The van der Waals surface area contributed by atoms with Crippen molar-refractivity contribution in [3.63, 3.8) is 0 Å². The Labute approximate surface area is 121 Å². The van der Waals surface area contributed by atoms with Gasteiger partial charge in [-0.3, -0.25) is 4.98 Å². The van der Waals surface area contributed by atoms with Crippen LogP contribution in [0.2, 0.25) is 0 Å². The van der Waals surface area contributed by atoms with Crippen molar-refractivity contribution in [2.24, 2.45) is 0 Å². The van der Waals surface area contributed by atoms with Gasteiger partial charge in [-0.05, 0) is 52.7 Å². The Balaban J connectivity index is 2.28. The molecule has 0 amide bonds. The van der Waals surface area contributed by atoms with Crippen LogP contribution in [0.15, 0.2) is 12.3 Å². The third-order valence-electron chi connectivity index (χ3n) is 4.41. The molecule has 1 N–H and O–H groups in total. The van der Waals surface area contributed by atoms with E-state index in [9.17, 15) is 5.11 Å². The number of aromatic nitrogens is 1. The number of aliphatic hydroxyl groups excluding tert-OH is 1. The maximum absolute atomic E-state index is 9.85. The summed E-state index contributed by atoms with van der Waals surface area (Å²) in [5, 5.41) is 9.85. The molecule has 1 aromatic rings. The van der Waals surface area contributed by atoms with Gasteiger partial charge < -0.3 is 14.4 Å². The summed E-state index contributed by atoms with van der Waals surface area (Å²) in [4.78, 5) is 4.34. The Morgan fingerprint density at radius 3 is 2.25 bits per heavy atom. The van der Waals surface area contributed by atoms with Crippen molar-refractivity contribution in [1.29, 1.82) is 0 Å². The summed E-state index contributed by atoms with van der Waals surface area (Å²) in [6.45, 7) is 12.1. The van der Waals surface area contributed by atoms with Crippen molar-refractivity contribution in [3.8, 4) is 0 Å². The van der Waals surface area contributed by atoms with Crippen LogP contribution in [-0.2, 0) is 9.31 Å². The lowest BCUT2D eigenvalue weighted by atomic mass is 9.77. The summed E-state index contributed by atoms with van der Waals surface area (Å²) in [5.41, 5.74) is 1.94. The average molecular weight is 277 g/mol. The first-order valence-electron chi connectivity index (χ1n) is 7.18. The maximum Gasteiger partial charge on any atom is 0.496 e. The van der Waals surface area contributed by atoms with Gasteiger partial charge in [0.2, 0.25) is 0 Å². The van der Waals surface area contributed by atoms with Gasteiger partial charge in [0.25, 0.3) is 0 Å². The van der Waals surface area contributed by atoms with Gasteiger partial charge in [0.05, 0.1) is 23.0 Å². The van der Waals surface area contributed by atoms with Crippen molar-refractivity contribution in [3.05, 3.63) is 23.5 Å². The molecule has 5 heteroatoms. The number of hydrogen-bond acceptors (Lipinski definition) is 4. The summed E-state index contributed by atoms with van der Waals surface area (Å²) in [5.74, 6) is 0. The fourth-order valence-electron chi connectivity index (χ4n) is 2.20. The maximum atomic E-state index is 9.85. The molecule has 0 aliphatic carbocycles. The summed E-state index contributed by atoms with van der Waals surface area (Å²) >= 11 is 0. The molecule has 2 heterocycles. The van der Waals surface area contributed by atoms with Gasteiger partial charge in [0, 0.05) is 11.7 Å². The molecule has 0 saturated carbocycles. The second-order valence-electron chi connectivity index (χ2n) is 6.48. The predicted molar refractivity (Wildman–Crippen MR) is 79.9 cm³/mol. The number of pyridine rings is 1. The number of nitrogens with zero attached hydrogens (tertiary/aromatic N) is 1. The molecule has 110 valence electrons. The van der Waals surface area contributed by atoms with Crippen molar-refractivity contribution in [2.75, 3.05) is 0 Å². The van der Waals surface area contributed by atoms with Crippen molar-refractivity contribution in [2.45, 2.75) is 65.3 Å². The zero-order valence-electron chi connectivity index (χ0n) is 13.2. The molecule has 2 rings (SSSR count). The Kier molecular flexibility index (Phi) is 3.97. The Hall–Kier alpha value is -0.905. The third-order valence-corrected chi connectivity index (χ3v) is 4.41. The van der Waals surface area contributed by atoms with E-state index >= 15 is 0 Å². The highest BCUT2D eigenvalue weighted by molar-refractivity contribution is 6.62. The van der Waals surface area contributed by atoms with E-state index in [1.807, 2.05) is 47.6 Å². The number of aryl methyl sites for hydroxylation is 1. The van der Waals surface area contributed by atoms with Gasteiger partial charge in [-0.15, -0.1) is 0 Å². The van der Waals surface area contributed by atoms with Crippen molar-refractivity contribution < 1.29 is 14.4 Å². The van der Waals surface area contributed by atoms with Crippen molar-refractivity contribution in [1.82, 2.24) is 4.98 Å². The molecule has 1 saturated heterocycles. The van der Waals surface area contributed by atoms with E-state index < -0.39 is 13.2 Å². The van der Waals surface area contributed by atoms with E-state index in [0.717, 1.165) is 11.0 Å². The Morgan fingerprint density at radius 2 is 1.80 bits per heavy atom. The summed E-state index contributed by atoms with van der Waals surface area (Å²) in [6.07, 6.45) is 1.90. The average Bonchev–Trinajstić information content (AvgIpc) is 2.57. The molecule has 0 spiro atoms. The lowest BCUT2D eigenvalue weighted by Crippen LogP contribution is -2.41. The lowest BCUT2D eigenvalue weighted by Gasteiger charge is -2.32. The van der Waals surface area contributed by atoms with Gasteiger partial charge >= 0.3 is 7.12 Å². The van der Waals surface area contributed by atoms with Gasteiger partial charge in [0.1, 0.15) is 0 Å². The first-order valence-corrected chi connectivity index (χ1v) is 7.18. The van der Waals surface area contributed by atoms with Gasteiger partial charge in [0.15, 0.2) is 0 Å². The first-order chi connectivity index (χ1) is 9.18. The van der Waals surface area contributed by atoms with Crippen LogP contribution in [0.5, 0.6) is 0 Å². The monoisotopic (exact) mass is 277 g/mol. The Morgan fingerprint density at radius 1 is 1.25 bits per heavy atom. The van der Waals surface area contributed by atoms with Crippen LogP contribution in [0.3, 0.4) is 0 Å². The summed E-state index contributed by atoms with van der Waals surface area (Å²) in [6, 6.07) is 1.91. The van der Waals surface area contributed by atoms with Crippen LogP contribution in [0.25, 0.3) is 0 Å². The summed E-state index contributed by atoms with van der Waals surface area (Å²) in [7, 11) is -0.402. The van der Waals surface area contributed by atoms with Gasteiger partial charge in [-0.2, -0.15) is 0 Å². The zero-order valence-corrected chi connectivity index (χ0v) is 13.2. The van der Waals surface area contributed by atoms with Crippen molar-refractivity contribution >= 4 is 12.6 Å². The topological polar surface area (TPSA) is 51.6 Å². The van der Waals surface area contributed by atoms with Crippen LogP contribution in [0.1, 0.15) is 58.4 Å². The highest BCUT2D eigenvalue weighted by atomic mass is 16.7. The van der Waals surface area contributed by atoms with Crippen LogP contribution >= 0.6 is 0 Å². The standard InChI is InChI=1S/C15H24BNO3/c1-7-13(18)12-8-10(2)11(9-17-12)16-19-14(3,4)15(5,6)20-16/h8-9,13,18H,7H2,1-6H3. The molecule has 1 aliphatic heterocycles. The predicted octanol–water partition coefficient (Wildman–Crippen LogP) is 2.13. The molecule has 1 aromatic heterocycles. The van der Waals surface area contributed by atoms with Crippen LogP contribution in [0, 0.1) is 6.92 Å². The number of aliphatic hydroxyl groups is 1. The minimum Gasteiger partial charge on any atom is -0.399 e. The molecule has 1 aliphatic rings. The van der Waals surface area contributed by atoms with E-state index in [-0.39, 0.29) is 11.2 Å². The van der Waals surface area contributed by atoms with E-state index in [2.05, 4.69) is 4.98 Å². The molecule has 0 bridgehead atoms. The largest absolute Gasteiger partial charge is 0.496 e. The molecule has 1 fully saturated rings. The summed E-state index contributed by atoms with van der Waals surface area (Å²) < 4.78 is 12.1. The Bertz CT molecular complexity index is 486. The van der Waals surface area contributed by atoms with Crippen LogP contribution in [-0.4, -0.2) is 28.4 Å². The highest BCUT2D eigenvalue weighted by Crippen LogP contribution is 2.36. The van der Waals surface area contributed by atoms with Gasteiger partial charge in [-0.25, -0.2) is 0 Å². The van der Waals surface area contributed by atoms with E-state index in [0.29, 0.717) is 12.1 Å². The molecule has 1 atom stereocenters. The molecule has 4 nitrogen and oxygen atoms in total. The molecule has 0 aromatic carbocycles. The highest BCUT2D eigenvalue weighted by Gasteiger charge is 2.52. The van der Waals surface area contributed by atoms with Gasteiger partial charge in [-0.1, -0.05) is 6.92 Å². The number of rotatable bonds is 3. The lowest BCUT2D eigenvalue weighted by molar-refractivity contribution is 0.00578. The number of hydrogen-bond donors (Lipinski definition) is 1. The van der Waals surface area contributed by atoms with Crippen LogP contribution < -0.4 is 5.46 Å². The zero-order chi connectivity index (χ0) is 15.1. The fraction of sp³-hybridized carbons (Fsp3) is 0.667. The minimum absolute atomic E-state index is 0.355. The van der Waals surface area contributed by atoms with E-state index in [1.54, 1.807) is 6.20 Å². The van der Waals surface area contributed by atoms with Crippen LogP contribution in [0.4, 0.5) is 0 Å². The van der Waals surface area contributed by atoms with E-state index in [1.165, 1.54) is 0 Å². The third kappa shape index (κ3) is 2.62. The fourth-order valence-corrected chi connectivity index (χ4v) is 2.20. The minimum atomic E-state index is -0.513. The molecule has 20 heavy (non-hydrogen) atoms. The smallest absolute Gasteiger partial charge is 0.399 e. The first kappa shape index (κ1) is 15.5. The van der Waals surface area contributed by atoms with E-state index in [4.69, 9.17) is 9.31 Å². The SMILES string of the molecule is CCC(O)c1cc(C)c(B2OC(C)(C)C(C)(C)O2)cn1. The normalized spacial score (nSPS) is 22.1. The second kappa shape index (κ2) is 5.13. The molecule has 1 unspecified atom stereocenters. The molecular formula is C15H24BNO3.